The first-order valence-corrected chi connectivity index (χ1v) is 2.96. The van der Waals surface area contributed by atoms with E-state index < -0.39 is 6.35 Å². The number of hydrogen-bond acceptors (Lipinski definition) is 4. The lowest BCUT2D eigenvalue weighted by Crippen LogP contribution is -2.40. The van der Waals surface area contributed by atoms with Gasteiger partial charge in [0.15, 0.2) is 0 Å². The van der Waals surface area contributed by atoms with Gasteiger partial charge in [-0.2, -0.15) is 5.10 Å². The Hall–Kier alpha value is -0.770. The first-order valence-electron chi connectivity index (χ1n) is 2.96. The number of nitrogens with one attached hydrogen (secondary N) is 1. The Morgan fingerprint density at radius 3 is 2.67 bits per heavy atom. The summed E-state index contributed by atoms with van der Waals surface area (Å²) in [5.74, 6) is 0. The SMILES string of the molecule is CC(C)N1C=NNC1O. The molecule has 1 aliphatic rings. The summed E-state index contributed by atoms with van der Waals surface area (Å²) in [5, 5.41) is 12.7. The van der Waals surface area contributed by atoms with Gasteiger partial charge in [0.05, 0.1) is 0 Å². The molecule has 0 aliphatic carbocycles. The number of aliphatic hydroxyl groups is 1. The van der Waals surface area contributed by atoms with Crippen LogP contribution in [0.25, 0.3) is 0 Å². The van der Waals surface area contributed by atoms with Crippen LogP contribution in [0.5, 0.6) is 0 Å². The number of hydrazone groups is 1. The molecule has 0 bridgehead atoms. The molecule has 0 fully saturated rings. The Kier molecular flexibility index (Phi) is 1.57. The van der Waals surface area contributed by atoms with Crippen LogP contribution in [-0.4, -0.2) is 28.7 Å². The van der Waals surface area contributed by atoms with Gasteiger partial charge >= 0.3 is 0 Å². The van der Waals surface area contributed by atoms with Crippen molar-refractivity contribution in [2.24, 2.45) is 5.10 Å². The third-order valence-electron chi connectivity index (χ3n) is 1.26. The molecule has 1 rings (SSSR count). The van der Waals surface area contributed by atoms with E-state index in [4.69, 9.17) is 5.11 Å². The minimum absolute atomic E-state index is 0.291. The van der Waals surface area contributed by atoms with Crippen LogP contribution in [0.2, 0.25) is 0 Å². The largest absolute Gasteiger partial charge is 0.355 e. The average Bonchev–Trinajstić information content (AvgIpc) is 2.13. The summed E-state index contributed by atoms with van der Waals surface area (Å²) < 4.78 is 0. The maximum absolute atomic E-state index is 9.05. The molecule has 1 atom stereocenters. The number of aliphatic hydroxyl groups excluding tert-OH is 1. The molecule has 0 spiro atoms. The zero-order chi connectivity index (χ0) is 6.85. The van der Waals surface area contributed by atoms with Crippen molar-refractivity contribution in [1.29, 1.82) is 0 Å². The van der Waals surface area contributed by atoms with Crippen LogP contribution in [0.4, 0.5) is 0 Å². The standard InChI is InChI=1S/C5H11N3O/c1-4(2)8-3-6-7-5(8)9/h3-5,7,9H,1-2H3. The van der Waals surface area contributed by atoms with E-state index in [1.165, 1.54) is 0 Å². The number of hydrogen-bond donors (Lipinski definition) is 2. The molecule has 4 nitrogen and oxygen atoms in total. The van der Waals surface area contributed by atoms with Crippen LogP contribution in [0.15, 0.2) is 5.10 Å². The second kappa shape index (κ2) is 2.23. The molecule has 1 aliphatic heterocycles. The highest BCUT2D eigenvalue weighted by molar-refractivity contribution is 5.56. The summed E-state index contributed by atoms with van der Waals surface area (Å²) in [4.78, 5) is 1.72. The predicted molar refractivity (Wildman–Crippen MR) is 34.6 cm³/mol. The predicted octanol–water partition coefficient (Wildman–Crippen LogP) is -0.481. The van der Waals surface area contributed by atoms with Crippen molar-refractivity contribution in [2.75, 3.05) is 0 Å². The van der Waals surface area contributed by atoms with Crippen LogP contribution in [0.3, 0.4) is 0 Å². The highest BCUT2D eigenvalue weighted by Crippen LogP contribution is 2.01. The highest BCUT2D eigenvalue weighted by atomic mass is 16.3. The fraction of sp³-hybridized carbons (Fsp3) is 0.800. The molecular weight excluding hydrogens is 118 g/mol. The van der Waals surface area contributed by atoms with Crippen LogP contribution < -0.4 is 5.43 Å². The first-order chi connectivity index (χ1) is 4.22. The van der Waals surface area contributed by atoms with Gasteiger partial charge in [0.25, 0.3) is 0 Å². The summed E-state index contributed by atoms with van der Waals surface area (Å²) in [5.41, 5.74) is 2.50. The lowest BCUT2D eigenvalue weighted by atomic mass is 10.4. The van der Waals surface area contributed by atoms with E-state index in [9.17, 15) is 0 Å². The maximum Gasteiger partial charge on any atom is 0.221 e. The number of nitrogens with zero attached hydrogens (tertiary/aromatic N) is 2. The molecule has 0 aromatic heterocycles. The van der Waals surface area contributed by atoms with Gasteiger partial charge in [-0.25, -0.2) is 0 Å². The molecule has 4 heteroatoms. The molecule has 1 unspecified atom stereocenters. The van der Waals surface area contributed by atoms with Crippen LogP contribution in [0.1, 0.15) is 13.8 Å². The second-order valence-corrected chi connectivity index (χ2v) is 2.29. The minimum Gasteiger partial charge on any atom is -0.355 e. The summed E-state index contributed by atoms with van der Waals surface area (Å²) in [7, 11) is 0. The molecule has 0 saturated carbocycles. The van der Waals surface area contributed by atoms with E-state index in [0.717, 1.165) is 0 Å². The lowest BCUT2D eigenvalue weighted by Gasteiger charge is -2.22. The average molecular weight is 129 g/mol. The molecule has 1 heterocycles. The summed E-state index contributed by atoms with van der Waals surface area (Å²) in [6.07, 6.45) is 0.958. The third kappa shape index (κ3) is 1.13. The van der Waals surface area contributed by atoms with E-state index >= 15 is 0 Å². The quantitative estimate of drug-likeness (QED) is 0.502. The van der Waals surface area contributed by atoms with Gasteiger partial charge in [-0.1, -0.05) is 0 Å². The normalized spacial score (nSPS) is 25.3. The van der Waals surface area contributed by atoms with Crippen molar-refractivity contribution in [3.05, 3.63) is 0 Å². The Morgan fingerprint density at radius 1 is 1.78 bits per heavy atom. The Balaban J connectivity index is 2.49. The molecule has 9 heavy (non-hydrogen) atoms. The molecule has 0 amide bonds. The van der Waals surface area contributed by atoms with Crippen molar-refractivity contribution in [2.45, 2.75) is 26.2 Å². The number of rotatable bonds is 1. The summed E-state index contributed by atoms with van der Waals surface area (Å²) in [6, 6.07) is 0.291. The smallest absolute Gasteiger partial charge is 0.221 e. The van der Waals surface area contributed by atoms with E-state index in [1.54, 1.807) is 11.2 Å². The molecule has 52 valence electrons. The first kappa shape index (κ1) is 6.35. The molecule has 0 aromatic rings. The fourth-order valence-electron chi connectivity index (χ4n) is 0.712. The molecule has 0 saturated heterocycles. The van der Waals surface area contributed by atoms with Crippen LogP contribution >= 0.6 is 0 Å². The Morgan fingerprint density at radius 2 is 2.44 bits per heavy atom. The summed E-state index contributed by atoms with van der Waals surface area (Å²) in [6.45, 7) is 3.98. The Bertz CT molecular complexity index is 123. The van der Waals surface area contributed by atoms with Gasteiger partial charge in [-0.05, 0) is 13.8 Å². The monoisotopic (exact) mass is 129 g/mol. The van der Waals surface area contributed by atoms with Gasteiger partial charge < -0.3 is 10.0 Å². The van der Waals surface area contributed by atoms with Gasteiger partial charge in [0.2, 0.25) is 6.35 Å². The Labute approximate surface area is 54.2 Å². The lowest BCUT2D eigenvalue weighted by molar-refractivity contribution is 0.0278. The van der Waals surface area contributed by atoms with Crippen molar-refractivity contribution in [3.63, 3.8) is 0 Å². The van der Waals surface area contributed by atoms with E-state index in [2.05, 4.69) is 10.5 Å². The van der Waals surface area contributed by atoms with E-state index in [1.807, 2.05) is 13.8 Å². The highest BCUT2D eigenvalue weighted by Gasteiger charge is 2.18. The van der Waals surface area contributed by atoms with Gasteiger partial charge in [0.1, 0.15) is 6.34 Å². The van der Waals surface area contributed by atoms with Crippen molar-refractivity contribution in [1.82, 2.24) is 10.3 Å². The van der Waals surface area contributed by atoms with Gasteiger partial charge in [-0.15, -0.1) is 0 Å². The zero-order valence-electron chi connectivity index (χ0n) is 5.57. The van der Waals surface area contributed by atoms with Crippen molar-refractivity contribution < 1.29 is 5.11 Å². The molecule has 0 aromatic carbocycles. The summed E-state index contributed by atoms with van der Waals surface area (Å²) >= 11 is 0. The zero-order valence-corrected chi connectivity index (χ0v) is 5.57. The van der Waals surface area contributed by atoms with Crippen molar-refractivity contribution in [3.8, 4) is 0 Å². The van der Waals surface area contributed by atoms with Crippen molar-refractivity contribution >= 4 is 6.34 Å². The van der Waals surface area contributed by atoms with Gasteiger partial charge in [-0.3, -0.25) is 5.43 Å². The molecule has 2 N–H and O–H groups in total. The molecular formula is C5H11N3O. The van der Waals surface area contributed by atoms with Crippen LogP contribution in [0, 0.1) is 0 Å². The van der Waals surface area contributed by atoms with Gasteiger partial charge in [0, 0.05) is 6.04 Å². The maximum atomic E-state index is 9.05. The minimum atomic E-state index is -0.634. The molecule has 0 radical (unpaired) electrons. The van der Waals surface area contributed by atoms with Crippen LogP contribution in [-0.2, 0) is 0 Å². The fourth-order valence-corrected chi connectivity index (χ4v) is 0.712. The topological polar surface area (TPSA) is 47.9 Å². The van der Waals surface area contributed by atoms with E-state index in [-0.39, 0.29) is 0 Å². The third-order valence-corrected chi connectivity index (χ3v) is 1.26. The van der Waals surface area contributed by atoms with E-state index in [0.29, 0.717) is 6.04 Å². The second-order valence-electron chi connectivity index (χ2n) is 2.29.